The Kier molecular flexibility index (Phi) is 22.8. The molecule has 1 atom stereocenters. The molecule has 1 aromatic rings. The van der Waals surface area contributed by atoms with Crippen LogP contribution < -0.4 is 5.73 Å². The van der Waals surface area contributed by atoms with Crippen LogP contribution in [0, 0.1) is 25.6 Å². The van der Waals surface area contributed by atoms with E-state index in [4.69, 9.17) is 5.73 Å². The molecule has 0 amide bonds. The molecule has 0 radical (unpaired) electrons. The number of carbonyl (C=O) groups is 1. The molecule has 24 heavy (non-hydrogen) atoms. The highest BCUT2D eigenvalue weighted by molar-refractivity contribution is 5.55. The smallest absolute Gasteiger partial charge is 0.136 e. The van der Waals surface area contributed by atoms with Crippen molar-refractivity contribution in [1.82, 2.24) is 0 Å². The third kappa shape index (κ3) is 20.8. The van der Waals surface area contributed by atoms with Crippen molar-refractivity contribution in [2.75, 3.05) is 0 Å². The van der Waals surface area contributed by atoms with Gasteiger partial charge in [-0.15, -0.1) is 0 Å². The Hall–Kier alpha value is -1.22. The summed E-state index contributed by atoms with van der Waals surface area (Å²) >= 11 is 0. The van der Waals surface area contributed by atoms with E-state index < -0.39 is 0 Å². The van der Waals surface area contributed by atoms with Crippen LogP contribution in [0.15, 0.2) is 18.2 Å². The zero-order chi connectivity index (χ0) is 19.5. The number of hydrogen-bond acceptors (Lipinski definition) is 2. The molecule has 1 rings (SSSR count). The fourth-order valence-corrected chi connectivity index (χ4v) is 1.92. The number of rotatable bonds is 5. The summed E-state index contributed by atoms with van der Waals surface area (Å²) in [5.41, 5.74) is 6.75. The Morgan fingerprint density at radius 2 is 1.50 bits per heavy atom. The lowest BCUT2D eigenvalue weighted by atomic mass is 10.0. The predicted molar refractivity (Wildman–Crippen MR) is 106 cm³/mol. The summed E-state index contributed by atoms with van der Waals surface area (Å²) in [6.07, 6.45) is 6.21. The first-order valence-electron chi connectivity index (χ1n) is 9.21. The number of nitrogens with two attached hydrogens (primary N) is 1. The predicted octanol–water partition coefficient (Wildman–Crippen LogP) is 6.22. The minimum atomic E-state index is -0.296. The van der Waals surface area contributed by atoms with Gasteiger partial charge in [0.1, 0.15) is 12.1 Å². The van der Waals surface area contributed by atoms with Crippen LogP contribution >= 0.6 is 0 Å². The van der Waals surface area contributed by atoms with Crippen molar-refractivity contribution in [1.29, 1.82) is 0 Å². The van der Waals surface area contributed by atoms with E-state index in [9.17, 15) is 9.18 Å². The Morgan fingerprint density at radius 3 is 1.75 bits per heavy atom. The van der Waals surface area contributed by atoms with Crippen LogP contribution in [0.2, 0.25) is 0 Å². The quantitative estimate of drug-likeness (QED) is 0.646. The van der Waals surface area contributed by atoms with Gasteiger partial charge in [0, 0.05) is 0 Å². The molecule has 0 aliphatic carbocycles. The minimum absolute atomic E-state index is 0.124. The van der Waals surface area contributed by atoms with Crippen molar-refractivity contribution >= 4 is 6.29 Å². The summed E-state index contributed by atoms with van der Waals surface area (Å²) in [6, 6.07) is 4.79. The average molecular weight is 342 g/mol. The van der Waals surface area contributed by atoms with Crippen molar-refractivity contribution in [3.8, 4) is 0 Å². The second-order valence-electron chi connectivity index (χ2n) is 5.93. The molecule has 0 saturated heterocycles. The van der Waals surface area contributed by atoms with Gasteiger partial charge in [0.05, 0.1) is 6.04 Å². The van der Waals surface area contributed by atoms with E-state index in [0.29, 0.717) is 6.29 Å². The van der Waals surface area contributed by atoms with Gasteiger partial charge in [0.15, 0.2) is 0 Å². The fraction of sp³-hybridized carbons (Fsp3) is 0.667. The molecular formula is C21H40FNO. The fourth-order valence-electron chi connectivity index (χ4n) is 1.92. The summed E-state index contributed by atoms with van der Waals surface area (Å²) in [4.78, 5) is 9.38. The molecule has 0 saturated carbocycles. The zero-order valence-corrected chi connectivity index (χ0v) is 17.2. The van der Waals surface area contributed by atoms with E-state index in [1.165, 1.54) is 31.7 Å². The van der Waals surface area contributed by atoms with E-state index in [-0.39, 0.29) is 11.9 Å². The number of aldehydes is 1. The number of benzene rings is 1. The van der Waals surface area contributed by atoms with Crippen LogP contribution in [0.5, 0.6) is 0 Å². The zero-order valence-electron chi connectivity index (χ0n) is 17.2. The van der Waals surface area contributed by atoms with Crippen LogP contribution in [0.4, 0.5) is 4.39 Å². The normalized spacial score (nSPS) is 10.3. The van der Waals surface area contributed by atoms with E-state index in [2.05, 4.69) is 20.8 Å². The maximum Gasteiger partial charge on any atom is 0.136 e. The third-order valence-electron chi connectivity index (χ3n) is 3.09. The highest BCUT2D eigenvalue weighted by Gasteiger charge is 1.95. The largest absolute Gasteiger partial charge is 0.322 e. The first kappa shape index (κ1) is 27.6. The van der Waals surface area contributed by atoms with E-state index in [0.717, 1.165) is 17.0 Å². The Labute approximate surface area is 150 Å². The van der Waals surface area contributed by atoms with Crippen molar-refractivity contribution in [3.05, 3.63) is 35.1 Å². The SMILES string of the molecule is CC.CC(N)C=O.CCCC(C)CCC.Cc1ccc(F)c(C)c1. The summed E-state index contributed by atoms with van der Waals surface area (Å²) in [5.74, 6) is 0.839. The molecule has 0 fully saturated rings. The van der Waals surface area contributed by atoms with Crippen molar-refractivity contribution in [2.24, 2.45) is 11.7 Å². The van der Waals surface area contributed by atoms with Crippen molar-refractivity contribution in [2.45, 2.75) is 87.1 Å². The van der Waals surface area contributed by atoms with Gasteiger partial charge in [-0.3, -0.25) is 0 Å². The lowest BCUT2D eigenvalue weighted by Gasteiger charge is -2.05. The van der Waals surface area contributed by atoms with Gasteiger partial charge < -0.3 is 10.5 Å². The van der Waals surface area contributed by atoms with Crippen LogP contribution in [0.3, 0.4) is 0 Å². The summed E-state index contributed by atoms with van der Waals surface area (Å²) in [6.45, 7) is 16.2. The Bertz CT molecular complexity index is 385. The van der Waals surface area contributed by atoms with Crippen LogP contribution in [0.25, 0.3) is 0 Å². The van der Waals surface area contributed by atoms with E-state index in [1.807, 2.05) is 26.8 Å². The van der Waals surface area contributed by atoms with Gasteiger partial charge in [-0.1, -0.05) is 78.0 Å². The van der Waals surface area contributed by atoms with Crippen molar-refractivity contribution < 1.29 is 9.18 Å². The lowest BCUT2D eigenvalue weighted by Crippen LogP contribution is -2.15. The van der Waals surface area contributed by atoms with Gasteiger partial charge in [-0.2, -0.15) is 0 Å². The molecule has 1 aromatic carbocycles. The van der Waals surface area contributed by atoms with Gasteiger partial charge in [0.25, 0.3) is 0 Å². The molecule has 0 aromatic heterocycles. The minimum Gasteiger partial charge on any atom is -0.322 e. The maximum absolute atomic E-state index is 12.5. The van der Waals surface area contributed by atoms with Crippen LogP contribution in [-0.4, -0.2) is 12.3 Å². The second-order valence-corrected chi connectivity index (χ2v) is 5.93. The number of halogens is 1. The monoisotopic (exact) mass is 341 g/mol. The standard InChI is InChI=1S/C8H9F.C8H18.C3H7NO.C2H6/c1-6-3-4-8(9)7(2)5-6;1-4-6-8(3)7-5-2;1-3(4)2-5;1-2/h3-5H,1-2H3;8H,4-7H2,1-3H3;2-3H,4H2,1H3;1-2H3. The first-order chi connectivity index (χ1) is 11.3. The Morgan fingerprint density at radius 1 is 1.08 bits per heavy atom. The number of hydrogen-bond donors (Lipinski definition) is 1. The second kappa shape index (κ2) is 19.8. The summed E-state index contributed by atoms with van der Waals surface area (Å²) in [7, 11) is 0. The van der Waals surface area contributed by atoms with Gasteiger partial charge in [-0.25, -0.2) is 4.39 Å². The van der Waals surface area contributed by atoms with Gasteiger partial charge >= 0.3 is 0 Å². The molecule has 2 N–H and O–H groups in total. The average Bonchev–Trinajstić information content (AvgIpc) is 2.55. The molecule has 0 heterocycles. The Balaban J connectivity index is -0.000000272. The van der Waals surface area contributed by atoms with Gasteiger partial charge in [0.2, 0.25) is 0 Å². The molecular weight excluding hydrogens is 301 g/mol. The molecule has 1 unspecified atom stereocenters. The lowest BCUT2D eigenvalue weighted by molar-refractivity contribution is -0.108. The first-order valence-corrected chi connectivity index (χ1v) is 9.21. The molecule has 0 aliphatic heterocycles. The van der Waals surface area contributed by atoms with Crippen LogP contribution in [-0.2, 0) is 4.79 Å². The molecule has 2 nitrogen and oxygen atoms in total. The van der Waals surface area contributed by atoms with Crippen LogP contribution in [0.1, 0.15) is 78.4 Å². The highest BCUT2D eigenvalue weighted by Crippen LogP contribution is 2.10. The summed E-state index contributed by atoms with van der Waals surface area (Å²) in [5, 5.41) is 0. The molecule has 0 bridgehead atoms. The molecule has 3 heteroatoms. The molecule has 142 valence electrons. The topological polar surface area (TPSA) is 43.1 Å². The van der Waals surface area contributed by atoms with E-state index >= 15 is 0 Å². The van der Waals surface area contributed by atoms with Gasteiger partial charge in [-0.05, 0) is 38.3 Å². The van der Waals surface area contributed by atoms with Crippen molar-refractivity contribution in [3.63, 3.8) is 0 Å². The van der Waals surface area contributed by atoms with E-state index in [1.54, 1.807) is 19.9 Å². The highest BCUT2D eigenvalue weighted by atomic mass is 19.1. The molecule has 0 spiro atoms. The maximum atomic E-state index is 12.5. The number of carbonyl (C=O) groups excluding carboxylic acids is 1. The summed E-state index contributed by atoms with van der Waals surface area (Å²) < 4.78 is 12.5. The molecule has 0 aliphatic rings. The number of aryl methyl sites for hydroxylation is 2. The third-order valence-corrected chi connectivity index (χ3v) is 3.09.